The van der Waals surface area contributed by atoms with Crippen LogP contribution in [0.1, 0.15) is 16.7 Å². The van der Waals surface area contributed by atoms with Crippen molar-refractivity contribution in [3.8, 4) is 28.0 Å². The number of alkyl halides is 1. The second-order valence-electron chi connectivity index (χ2n) is 9.60. The van der Waals surface area contributed by atoms with Crippen LogP contribution in [0.25, 0.3) is 22.3 Å². The third kappa shape index (κ3) is 10.1. The number of ether oxygens (including phenoxy) is 1. The van der Waals surface area contributed by atoms with E-state index >= 15 is 0 Å². The molecule has 216 valence electrons. The molecule has 0 saturated carbocycles. The third-order valence-corrected chi connectivity index (χ3v) is 6.65. The fraction of sp³-hybridized carbons (Fsp3) is 0.200. The molecule has 5 rings (SSSR count). The summed E-state index contributed by atoms with van der Waals surface area (Å²) < 4.78 is 5.80. The summed E-state index contributed by atoms with van der Waals surface area (Å²) in [6.07, 6.45) is 7.56. The van der Waals surface area contributed by atoms with Crippen molar-refractivity contribution in [3.63, 3.8) is 0 Å². The molecule has 0 unspecified atom stereocenters. The molecule has 0 aliphatic rings. The molecule has 0 amide bonds. The van der Waals surface area contributed by atoms with Gasteiger partial charge in [-0.25, -0.2) is 0 Å². The van der Waals surface area contributed by atoms with Crippen LogP contribution in [0.2, 0.25) is 0 Å². The fourth-order valence-electron chi connectivity index (χ4n) is 4.32. The number of pyridine rings is 2. The van der Waals surface area contributed by atoms with Crippen LogP contribution < -0.4 is 21.1 Å². The zero-order chi connectivity index (χ0) is 29.2. The molecule has 4 N–H and O–H groups in total. The molecule has 0 aliphatic heterocycles. The van der Waals surface area contributed by atoms with Crippen LogP contribution in [0.5, 0.6) is 5.75 Å². The summed E-state index contributed by atoms with van der Waals surface area (Å²) in [6.45, 7) is 4.23. The van der Waals surface area contributed by atoms with Crippen molar-refractivity contribution in [2.24, 2.45) is 5.73 Å². The fourth-order valence-corrected chi connectivity index (χ4v) is 4.46. The number of benzene rings is 3. The van der Waals surface area contributed by atoms with Gasteiger partial charge in [0, 0.05) is 80.1 Å². The average Bonchev–Trinajstić information content (AvgIpc) is 3.06. The Kier molecular flexibility index (Phi) is 13.0. The predicted molar refractivity (Wildman–Crippen MR) is 173 cm³/mol. The van der Waals surface area contributed by atoms with E-state index in [1.54, 1.807) is 0 Å². The van der Waals surface area contributed by atoms with Gasteiger partial charge >= 0.3 is 0 Å². The number of hydrogen-bond donors (Lipinski definition) is 3. The lowest BCUT2D eigenvalue weighted by Gasteiger charge is -2.11. The summed E-state index contributed by atoms with van der Waals surface area (Å²) in [6, 6.07) is 32.8. The van der Waals surface area contributed by atoms with Crippen molar-refractivity contribution in [3.05, 3.63) is 139 Å². The van der Waals surface area contributed by atoms with E-state index in [9.17, 15) is 0 Å². The number of halogens is 1. The average molecular weight is 580 g/mol. The van der Waals surface area contributed by atoms with Gasteiger partial charge in [0.2, 0.25) is 0 Å². The summed E-state index contributed by atoms with van der Waals surface area (Å²) in [5.41, 5.74) is 13.7. The minimum absolute atomic E-state index is 0.488. The van der Waals surface area contributed by atoms with Gasteiger partial charge < -0.3 is 21.1 Å². The number of para-hydroxylation sites is 1. The first-order valence-corrected chi connectivity index (χ1v) is 14.7. The summed E-state index contributed by atoms with van der Waals surface area (Å²) in [4.78, 5) is 8.61. The SMILES string of the molecule is ClCCNCc1cncc(-c2ccccc2)c1.NCc1ccccc1OCCNCc1cncc(-c2ccccc2)c1. The van der Waals surface area contributed by atoms with Gasteiger partial charge in [-0.3, -0.25) is 9.97 Å². The maximum absolute atomic E-state index is 5.80. The maximum Gasteiger partial charge on any atom is 0.123 e. The Morgan fingerprint density at radius 3 is 1.69 bits per heavy atom. The van der Waals surface area contributed by atoms with Crippen LogP contribution in [0, 0.1) is 0 Å². The maximum atomic E-state index is 5.80. The summed E-state index contributed by atoms with van der Waals surface area (Å²) >= 11 is 5.62. The van der Waals surface area contributed by atoms with Gasteiger partial charge in [0.25, 0.3) is 0 Å². The van der Waals surface area contributed by atoms with Gasteiger partial charge in [0.1, 0.15) is 12.4 Å². The molecule has 0 radical (unpaired) electrons. The quantitative estimate of drug-likeness (QED) is 0.110. The minimum Gasteiger partial charge on any atom is -0.492 e. The molecule has 0 aliphatic carbocycles. The van der Waals surface area contributed by atoms with Crippen LogP contribution in [0.4, 0.5) is 0 Å². The molecule has 2 aromatic heterocycles. The first kappa shape index (κ1) is 30.9. The highest BCUT2D eigenvalue weighted by Gasteiger charge is 2.02. The molecule has 2 heterocycles. The van der Waals surface area contributed by atoms with Crippen molar-refractivity contribution in [1.82, 2.24) is 20.6 Å². The molecular weight excluding hydrogens is 542 g/mol. The Morgan fingerprint density at radius 1 is 0.619 bits per heavy atom. The molecule has 0 atom stereocenters. The molecular formula is C35H38ClN5O. The number of aromatic nitrogens is 2. The number of nitrogens with two attached hydrogens (primary N) is 1. The normalized spacial score (nSPS) is 10.5. The molecule has 0 fully saturated rings. The van der Waals surface area contributed by atoms with E-state index < -0.39 is 0 Å². The van der Waals surface area contributed by atoms with Gasteiger partial charge in [-0.2, -0.15) is 0 Å². The lowest BCUT2D eigenvalue weighted by molar-refractivity contribution is 0.310. The van der Waals surface area contributed by atoms with Crippen LogP contribution in [-0.4, -0.2) is 35.5 Å². The summed E-state index contributed by atoms with van der Waals surface area (Å²) in [5.74, 6) is 1.49. The van der Waals surface area contributed by atoms with Crippen molar-refractivity contribution in [1.29, 1.82) is 0 Å². The third-order valence-electron chi connectivity index (χ3n) is 6.46. The molecule has 0 saturated heterocycles. The monoisotopic (exact) mass is 579 g/mol. The second kappa shape index (κ2) is 17.7. The van der Waals surface area contributed by atoms with E-state index in [1.807, 2.05) is 85.5 Å². The van der Waals surface area contributed by atoms with Gasteiger partial charge in [0.15, 0.2) is 0 Å². The Labute approximate surface area is 254 Å². The van der Waals surface area contributed by atoms with Crippen LogP contribution in [0.3, 0.4) is 0 Å². The van der Waals surface area contributed by atoms with Crippen molar-refractivity contribution in [2.75, 3.05) is 25.6 Å². The lowest BCUT2D eigenvalue weighted by Crippen LogP contribution is -2.21. The Bertz CT molecular complexity index is 1470. The van der Waals surface area contributed by atoms with Gasteiger partial charge in [0.05, 0.1) is 0 Å². The molecule has 0 bridgehead atoms. The zero-order valence-corrected chi connectivity index (χ0v) is 24.5. The number of nitrogens with zero attached hydrogens (tertiary/aromatic N) is 2. The highest BCUT2D eigenvalue weighted by molar-refractivity contribution is 6.18. The van der Waals surface area contributed by atoms with E-state index in [2.05, 4.69) is 57.0 Å². The first-order valence-electron chi connectivity index (χ1n) is 14.1. The highest BCUT2D eigenvalue weighted by atomic mass is 35.5. The number of hydrogen-bond acceptors (Lipinski definition) is 6. The van der Waals surface area contributed by atoms with Crippen LogP contribution >= 0.6 is 11.6 Å². The van der Waals surface area contributed by atoms with Crippen LogP contribution in [-0.2, 0) is 19.6 Å². The topological polar surface area (TPSA) is 85.1 Å². The Balaban J connectivity index is 0.000000208. The molecule has 7 heteroatoms. The number of nitrogens with one attached hydrogen (secondary N) is 2. The molecule has 3 aromatic carbocycles. The number of rotatable bonds is 13. The summed E-state index contributed by atoms with van der Waals surface area (Å²) in [7, 11) is 0. The molecule has 5 aromatic rings. The summed E-state index contributed by atoms with van der Waals surface area (Å²) in [5, 5.41) is 6.65. The largest absolute Gasteiger partial charge is 0.492 e. The van der Waals surface area contributed by atoms with E-state index in [0.717, 1.165) is 54.2 Å². The van der Waals surface area contributed by atoms with E-state index in [0.29, 0.717) is 19.0 Å². The van der Waals surface area contributed by atoms with E-state index in [-0.39, 0.29) is 0 Å². The van der Waals surface area contributed by atoms with Crippen LogP contribution in [0.15, 0.2) is 122 Å². The molecule has 0 spiro atoms. The van der Waals surface area contributed by atoms with Crippen molar-refractivity contribution in [2.45, 2.75) is 19.6 Å². The molecule has 42 heavy (non-hydrogen) atoms. The Morgan fingerprint density at radius 2 is 1.14 bits per heavy atom. The lowest BCUT2D eigenvalue weighted by atomic mass is 10.1. The van der Waals surface area contributed by atoms with E-state index in [1.165, 1.54) is 16.7 Å². The standard InChI is InChI=1S/C21H23N3O.C14H15ClN2/c22-13-19-8-4-5-9-21(19)25-11-10-23-14-17-12-20(16-24-15-17)18-6-2-1-3-7-18;15-6-7-16-9-12-8-14(11-17-10-12)13-4-2-1-3-5-13/h1-9,12,15-16,23H,10-11,13-14,22H2;1-5,8,10-11,16H,6-7,9H2. The smallest absolute Gasteiger partial charge is 0.123 e. The predicted octanol–water partition coefficient (Wildman–Crippen LogP) is 6.45. The second-order valence-corrected chi connectivity index (χ2v) is 9.98. The van der Waals surface area contributed by atoms with Gasteiger partial charge in [-0.15, -0.1) is 11.6 Å². The highest BCUT2D eigenvalue weighted by Crippen LogP contribution is 2.20. The van der Waals surface area contributed by atoms with Gasteiger partial charge in [-0.05, 0) is 40.5 Å². The van der Waals surface area contributed by atoms with E-state index in [4.69, 9.17) is 22.1 Å². The van der Waals surface area contributed by atoms with Crippen molar-refractivity contribution >= 4 is 11.6 Å². The van der Waals surface area contributed by atoms with Gasteiger partial charge in [-0.1, -0.05) is 78.9 Å². The first-order chi connectivity index (χ1) is 20.8. The molecule has 6 nitrogen and oxygen atoms in total. The zero-order valence-electron chi connectivity index (χ0n) is 23.8. The van der Waals surface area contributed by atoms with Crippen molar-refractivity contribution < 1.29 is 4.74 Å². The minimum atomic E-state index is 0.488. The Hall–Kier alpha value is -4.07.